The lowest BCUT2D eigenvalue weighted by Gasteiger charge is -2.00. The lowest BCUT2D eigenvalue weighted by Crippen LogP contribution is -1.88. The van der Waals surface area contributed by atoms with E-state index in [1.807, 2.05) is 31.2 Å². The van der Waals surface area contributed by atoms with Crippen molar-refractivity contribution in [1.29, 1.82) is 0 Å². The molecule has 0 aliphatic heterocycles. The summed E-state index contributed by atoms with van der Waals surface area (Å²) in [4.78, 5) is 14.2. The van der Waals surface area contributed by atoms with Crippen LogP contribution in [0.4, 0.5) is 11.4 Å². The number of rotatable bonds is 3. The zero-order chi connectivity index (χ0) is 13.8. The maximum absolute atomic E-state index is 10.7. The molecule has 5 heteroatoms. The van der Waals surface area contributed by atoms with Gasteiger partial charge in [-0.2, -0.15) is 0 Å². The summed E-state index contributed by atoms with van der Waals surface area (Å²) < 4.78 is 0. The van der Waals surface area contributed by atoms with Crippen molar-refractivity contribution in [2.24, 2.45) is 4.99 Å². The van der Waals surface area contributed by atoms with E-state index in [1.165, 1.54) is 18.2 Å². The Labute approximate surface area is 110 Å². The molecule has 2 aromatic carbocycles. The summed E-state index contributed by atoms with van der Waals surface area (Å²) in [7, 11) is 0. The molecule has 0 spiro atoms. The number of nitro benzene ring substituents is 1. The number of non-ortho nitro benzene ring substituents is 1. The van der Waals surface area contributed by atoms with E-state index in [9.17, 15) is 15.2 Å². The third-order valence-corrected chi connectivity index (χ3v) is 2.70. The van der Waals surface area contributed by atoms with Gasteiger partial charge in [0.1, 0.15) is 11.4 Å². The van der Waals surface area contributed by atoms with Crippen LogP contribution in [0.5, 0.6) is 5.75 Å². The van der Waals surface area contributed by atoms with Crippen LogP contribution in [0.2, 0.25) is 0 Å². The fourth-order valence-corrected chi connectivity index (χ4v) is 1.60. The zero-order valence-electron chi connectivity index (χ0n) is 10.3. The molecular formula is C14H12N2O3. The Morgan fingerprint density at radius 1 is 1.26 bits per heavy atom. The third-order valence-electron chi connectivity index (χ3n) is 2.70. The average Bonchev–Trinajstić information content (AvgIpc) is 2.39. The molecule has 2 aromatic rings. The Bertz CT molecular complexity index is 651. The van der Waals surface area contributed by atoms with E-state index in [0.717, 1.165) is 11.1 Å². The summed E-state index contributed by atoms with van der Waals surface area (Å²) in [5.41, 5.74) is 2.01. The molecule has 5 nitrogen and oxygen atoms in total. The highest BCUT2D eigenvalue weighted by molar-refractivity contribution is 5.84. The molecule has 0 saturated heterocycles. The second kappa shape index (κ2) is 5.30. The minimum atomic E-state index is -0.522. The molecule has 0 amide bonds. The molecule has 0 aliphatic rings. The van der Waals surface area contributed by atoms with E-state index in [1.54, 1.807) is 6.21 Å². The monoisotopic (exact) mass is 256 g/mol. The van der Waals surface area contributed by atoms with E-state index in [4.69, 9.17) is 0 Å². The van der Waals surface area contributed by atoms with Crippen LogP contribution in [0, 0.1) is 17.0 Å². The highest BCUT2D eigenvalue weighted by atomic mass is 16.6. The summed E-state index contributed by atoms with van der Waals surface area (Å²) >= 11 is 0. The van der Waals surface area contributed by atoms with Crippen LogP contribution < -0.4 is 0 Å². The standard InChI is InChI=1S/C14H12N2O3/c1-10-4-2-3-5-11(10)9-15-13-8-12(16(18)19)6-7-14(13)17/h2-9,17H,1H3. The van der Waals surface area contributed by atoms with Gasteiger partial charge in [-0.15, -0.1) is 0 Å². The SMILES string of the molecule is Cc1ccccc1C=Nc1cc([N+](=O)[O-])ccc1O. The van der Waals surface area contributed by atoms with Gasteiger partial charge in [-0.3, -0.25) is 15.1 Å². The first kappa shape index (κ1) is 12.8. The molecule has 0 unspecified atom stereocenters. The molecule has 2 rings (SSSR count). The van der Waals surface area contributed by atoms with Crippen molar-refractivity contribution < 1.29 is 10.0 Å². The predicted octanol–water partition coefficient (Wildman–Crippen LogP) is 3.36. The van der Waals surface area contributed by atoms with Crippen LogP contribution in [0.1, 0.15) is 11.1 Å². The molecule has 0 aromatic heterocycles. The van der Waals surface area contributed by atoms with Gasteiger partial charge in [0.25, 0.3) is 5.69 Å². The van der Waals surface area contributed by atoms with Gasteiger partial charge in [-0.25, -0.2) is 0 Å². The lowest BCUT2D eigenvalue weighted by atomic mass is 10.1. The second-order valence-corrected chi connectivity index (χ2v) is 4.04. The van der Waals surface area contributed by atoms with Gasteiger partial charge in [0.15, 0.2) is 0 Å². The van der Waals surface area contributed by atoms with Crippen molar-refractivity contribution in [3.63, 3.8) is 0 Å². The minimum absolute atomic E-state index is 0.0876. The fraction of sp³-hybridized carbons (Fsp3) is 0.0714. The Morgan fingerprint density at radius 2 is 2.00 bits per heavy atom. The highest BCUT2D eigenvalue weighted by Gasteiger charge is 2.09. The number of nitrogens with zero attached hydrogens (tertiary/aromatic N) is 2. The van der Waals surface area contributed by atoms with Crippen LogP contribution in [-0.4, -0.2) is 16.2 Å². The second-order valence-electron chi connectivity index (χ2n) is 4.04. The van der Waals surface area contributed by atoms with Crippen molar-refractivity contribution in [2.75, 3.05) is 0 Å². The molecule has 0 saturated carbocycles. The molecule has 0 bridgehead atoms. The van der Waals surface area contributed by atoms with E-state index < -0.39 is 4.92 Å². The van der Waals surface area contributed by atoms with Gasteiger partial charge in [0.05, 0.1) is 4.92 Å². The molecule has 0 aliphatic carbocycles. The number of phenolic OH excluding ortho intramolecular Hbond substituents is 1. The van der Waals surface area contributed by atoms with Crippen molar-refractivity contribution >= 4 is 17.6 Å². The van der Waals surface area contributed by atoms with Gasteiger partial charge in [0, 0.05) is 18.3 Å². The summed E-state index contributed by atoms with van der Waals surface area (Å²) in [5, 5.41) is 20.3. The van der Waals surface area contributed by atoms with Gasteiger partial charge < -0.3 is 5.11 Å². The van der Waals surface area contributed by atoms with Crippen LogP contribution in [0.3, 0.4) is 0 Å². The van der Waals surface area contributed by atoms with Crippen molar-refractivity contribution in [3.8, 4) is 5.75 Å². The number of aromatic hydroxyl groups is 1. The number of benzene rings is 2. The molecule has 0 fully saturated rings. The molecule has 0 heterocycles. The molecule has 0 atom stereocenters. The predicted molar refractivity (Wildman–Crippen MR) is 73.2 cm³/mol. The van der Waals surface area contributed by atoms with E-state index in [2.05, 4.69) is 4.99 Å². The third kappa shape index (κ3) is 2.95. The zero-order valence-corrected chi connectivity index (χ0v) is 10.3. The topological polar surface area (TPSA) is 75.7 Å². The Morgan fingerprint density at radius 3 is 2.68 bits per heavy atom. The van der Waals surface area contributed by atoms with Gasteiger partial charge in [-0.1, -0.05) is 24.3 Å². The maximum Gasteiger partial charge on any atom is 0.271 e. The summed E-state index contributed by atoms with van der Waals surface area (Å²) in [5.74, 6) is -0.0876. The lowest BCUT2D eigenvalue weighted by molar-refractivity contribution is -0.384. The Hall–Kier alpha value is -2.69. The maximum atomic E-state index is 10.7. The minimum Gasteiger partial charge on any atom is -0.506 e. The first-order valence-corrected chi connectivity index (χ1v) is 5.65. The number of hydrogen-bond donors (Lipinski definition) is 1. The van der Waals surface area contributed by atoms with Crippen LogP contribution >= 0.6 is 0 Å². The average molecular weight is 256 g/mol. The first-order chi connectivity index (χ1) is 9.08. The summed E-state index contributed by atoms with van der Waals surface area (Å²) in [6.45, 7) is 1.94. The first-order valence-electron chi connectivity index (χ1n) is 5.65. The van der Waals surface area contributed by atoms with Crippen molar-refractivity contribution in [3.05, 3.63) is 63.7 Å². The van der Waals surface area contributed by atoms with Crippen LogP contribution in [-0.2, 0) is 0 Å². The normalized spacial score (nSPS) is 10.8. The summed E-state index contributed by atoms with van der Waals surface area (Å²) in [6.07, 6.45) is 1.58. The molecule has 96 valence electrons. The van der Waals surface area contributed by atoms with Crippen molar-refractivity contribution in [1.82, 2.24) is 0 Å². The molecule has 19 heavy (non-hydrogen) atoms. The largest absolute Gasteiger partial charge is 0.506 e. The number of phenols is 1. The Kier molecular flexibility index (Phi) is 3.56. The smallest absolute Gasteiger partial charge is 0.271 e. The number of aryl methyl sites for hydroxylation is 1. The van der Waals surface area contributed by atoms with Crippen LogP contribution in [0.15, 0.2) is 47.5 Å². The molecular weight excluding hydrogens is 244 g/mol. The number of nitro groups is 1. The van der Waals surface area contributed by atoms with Crippen molar-refractivity contribution in [2.45, 2.75) is 6.92 Å². The summed E-state index contributed by atoms with van der Waals surface area (Å²) in [6, 6.07) is 11.4. The fourth-order valence-electron chi connectivity index (χ4n) is 1.60. The number of aliphatic imine (C=N–C) groups is 1. The van der Waals surface area contributed by atoms with E-state index in [0.29, 0.717) is 0 Å². The number of hydrogen-bond acceptors (Lipinski definition) is 4. The van der Waals surface area contributed by atoms with Gasteiger partial charge in [-0.05, 0) is 24.1 Å². The van der Waals surface area contributed by atoms with Gasteiger partial charge >= 0.3 is 0 Å². The molecule has 1 N–H and O–H groups in total. The van der Waals surface area contributed by atoms with E-state index >= 15 is 0 Å². The quantitative estimate of drug-likeness (QED) is 0.519. The van der Waals surface area contributed by atoms with E-state index in [-0.39, 0.29) is 17.1 Å². The van der Waals surface area contributed by atoms with Gasteiger partial charge in [0.2, 0.25) is 0 Å². The van der Waals surface area contributed by atoms with Crippen LogP contribution in [0.25, 0.3) is 0 Å². The highest BCUT2D eigenvalue weighted by Crippen LogP contribution is 2.30. The Balaban J connectivity index is 2.35. The molecule has 0 radical (unpaired) electrons.